The quantitative estimate of drug-likeness (QED) is 0.870. The summed E-state index contributed by atoms with van der Waals surface area (Å²) in [6.45, 7) is 4.70. The molecule has 1 aromatic rings. The molecule has 20 heavy (non-hydrogen) atoms. The molecule has 1 aliphatic heterocycles. The van der Waals surface area contributed by atoms with E-state index in [0.717, 1.165) is 26.1 Å². The van der Waals surface area contributed by atoms with E-state index in [2.05, 4.69) is 10.6 Å². The zero-order valence-corrected chi connectivity index (χ0v) is 11.9. The van der Waals surface area contributed by atoms with Gasteiger partial charge in [0.05, 0.1) is 18.9 Å². The predicted molar refractivity (Wildman–Crippen MR) is 78.2 cm³/mol. The topological polar surface area (TPSA) is 59.6 Å². The van der Waals surface area contributed by atoms with Crippen molar-refractivity contribution in [2.75, 3.05) is 31.7 Å². The van der Waals surface area contributed by atoms with E-state index in [1.807, 2.05) is 31.2 Å². The predicted octanol–water partition coefficient (Wildman–Crippen LogP) is 2.63. The van der Waals surface area contributed by atoms with Crippen LogP contribution in [-0.4, -0.2) is 32.4 Å². The van der Waals surface area contributed by atoms with Gasteiger partial charge in [0, 0.05) is 13.2 Å². The third kappa shape index (κ3) is 4.42. The molecule has 0 unspecified atom stereocenters. The summed E-state index contributed by atoms with van der Waals surface area (Å²) < 4.78 is 10.9. The summed E-state index contributed by atoms with van der Waals surface area (Å²) in [6.07, 6.45) is 2.18. The molecule has 1 aromatic carbocycles. The first-order valence-electron chi connectivity index (χ1n) is 7.14. The molecule has 2 rings (SSSR count). The number of nitrogens with one attached hydrogen (secondary N) is 2. The van der Waals surface area contributed by atoms with Crippen LogP contribution in [0.4, 0.5) is 10.5 Å². The molecule has 5 heteroatoms. The Bertz CT molecular complexity index is 431. The maximum Gasteiger partial charge on any atom is 0.319 e. The molecule has 1 heterocycles. The van der Waals surface area contributed by atoms with Crippen LogP contribution < -0.4 is 15.4 Å². The number of urea groups is 1. The second-order valence-corrected chi connectivity index (χ2v) is 4.85. The third-order valence-electron chi connectivity index (χ3n) is 3.24. The Labute approximate surface area is 119 Å². The van der Waals surface area contributed by atoms with E-state index < -0.39 is 0 Å². The van der Waals surface area contributed by atoms with E-state index in [0.29, 0.717) is 30.5 Å². The normalized spacial score (nSPS) is 18.4. The number of ether oxygens (including phenoxy) is 2. The number of rotatable bonds is 5. The van der Waals surface area contributed by atoms with Crippen molar-refractivity contribution in [1.29, 1.82) is 0 Å². The van der Waals surface area contributed by atoms with Gasteiger partial charge in [0.25, 0.3) is 0 Å². The lowest BCUT2D eigenvalue weighted by Crippen LogP contribution is -2.35. The molecule has 0 spiro atoms. The lowest BCUT2D eigenvalue weighted by molar-refractivity contribution is 0.0559. The van der Waals surface area contributed by atoms with Gasteiger partial charge in [0.15, 0.2) is 0 Å². The standard InChI is InChI=1S/C15H22N2O3/c1-2-20-14-8-4-3-7-13(14)17-15(18)16-10-12-6-5-9-19-11-12/h3-4,7-8,12H,2,5-6,9-11H2,1H3,(H2,16,17,18)/t12-/m0/s1. The van der Waals surface area contributed by atoms with Gasteiger partial charge in [-0.1, -0.05) is 12.1 Å². The molecule has 0 aromatic heterocycles. The second-order valence-electron chi connectivity index (χ2n) is 4.85. The smallest absolute Gasteiger partial charge is 0.319 e. The number of para-hydroxylation sites is 2. The van der Waals surface area contributed by atoms with Gasteiger partial charge in [-0.15, -0.1) is 0 Å². The van der Waals surface area contributed by atoms with Gasteiger partial charge in [-0.05, 0) is 37.8 Å². The first-order chi connectivity index (χ1) is 9.79. The van der Waals surface area contributed by atoms with E-state index in [-0.39, 0.29) is 6.03 Å². The minimum absolute atomic E-state index is 0.206. The fraction of sp³-hybridized carbons (Fsp3) is 0.533. The first-order valence-corrected chi connectivity index (χ1v) is 7.14. The summed E-state index contributed by atoms with van der Waals surface area (Å²) in [5, 5.41) is 5.70. The number of hydrogen-bond acceptors (Lipinski definition) is 3. The zero-order chi connectivity index (χ0) is 14.2. The second kappa shape index (κ2) is 7.75. The highest BCUT2D eigenvalue weighted by molar-refractivity contribution is 5.90. The van der Waals surface area contributed by atoms with E-state index in [4.69, 9.17) is 9.47 Å². The summed E-state index contributed by atoms with van der Waals surface area (Å²) in [5.41, 5.74) is 0.687. The van der Waals surface area contributed by atoms with Crippen LogP contribution in [0.1, 0.15) is 19.8 Å². The molecular formula is C15H22N2O3. The van der Waals surface area contributed by atoms with E-state index in [1.165, 1.54) is 0 Å². The SMILES string of the molecule is CCOc1ccccc1NC(=O)NC[C@@H]1CCCOC1. The van der Waals surface area contributed by atoms with Crippen LogP contribution in [0.15, 0.2) is 24.3 Å². The Morgan fingerprint density at radius 2 is 2.30 bits per heavy atom. The Morgan fingerprint density at radius 3 is 3.05 bits per heavy atom. The van der Waals surface area contributed by atoms with Crippen molar-refractivity contribution >= 4 is 11.7 Å². The van der Waals surface area contributed by atoms with Crippen LogP contribution in [0, 0.1) is 5.92 Å². The summed E-state index contributed by atoms with van der Waals surface area (Å²) in [6, 6.07) is 7.21. The van der Waals surface area contributed by atoms with E-state index >= 15 is 0 Å². The van der Waals surface area contributed by atoms with E-state index in [9.17, 15) is 4.79 Å². The summed E-state index contributed by atoms with van der Waals surface area (Å²) >= 11 is 0. The Morgan fingerprint density at radius 1 is 1.45 bits per heavy atom. The molecule has 1 saturated heterocycles. The van der Waals surface area contributed by atoms with Crippen LogP contribution in [-0.2, 0) is 4.74 Å². The van der Waals surface area contributed by atoms with Gasteiger partial charge in [0.2, 0.25) is 0 Å². The van der Waals surface area contributed by atoms with Crippen molar-refractivity contribution in [3.8, 4) is 5.75 Å². The molecule has 2 N–H and O–H groups in total. The molecule has 2 amide bonds. The maximum absolute atomic E-state index is 11.9. The highest BCUT2D eigenvalue weighted by Gasteiger charge is 2.15. The molecular weight excluding hydrogens is 256 g/mol. The minimum atomic E-state index is -0.206. The maximum atomic E-state index is 11.9. The van der Waals surface area contributed by atoms with Crippen LogP contribution >= 0.6 is 0 Å². The number of carbonyl (C=O) groups is 1. The molecule has 1 aliphatic rings. The van der Waals surface area contributed by atoms with Crippen LogP contribution in [0.25, 0.3) is 0 Å². The van der Waals surface area contributed by atoms with Gasteiger partial charge < -0.3 is 20.1 Å². The molecule has 0 bridgehead atoms. The zero-order valence-electron chi connectivity index (χ0n) is 11.9. The number of anilines is 1. The largest absolute Gasteiger partial charge is 0.492 e. The minimum Gasteiger partial charge on any atom is -0.492 e. The number of hydrogen-bond donors (Lipinski definition) is 2. The monoisotopic (exact) mass is 278 g/mol. The van der Waals surface area contributed by atoms with Crippen molar-refractivity contribution in [2.24, 2.45) is 5.92 Å². The van der Waals surface area contributed by atoms with Gasteiger partial charge >= 0.3 is 6.03 Å². The summed E-state index contributed by atoms with van der Waals surface area (Å²) in [7, 11) is 0. The molecule has 5 nitrogen and oxygen atoms in total. The average molecular weight is 278 g/mol. The molecule has 0 saturated carbocycles. The summed E-state index contributed by atoms with van der Waals surface area (Å²) in [5.74, 6) is 1.10. The highest BCUT2D eigenvalue weighted by atomic mass is 16.5. The molecule has 1 atom stereocenters. The van der Waals surface area contributed by atoms with Gasteiger partial charge in [0.1, 0.15) is 5.75 Å². The van der Waals surface area contributed by atoms with Gasteiger partial charge in [-0.3, -0.25) is 0 Å². The Balaban J connectivity index is 1.81. The third-order valence-corrected chi connectivity index (χ3v) is 3.24. The van der Waals surface area contributed by atoms with Gasteiger partial charge in [-0.25, -0.2) is 4.79 Å². The number of amides is 2. The van der Waals surface area contributed by atoms with Crippen LogP contribution in [0.2, 0.25) is 0 Å². The first kappa shape index (κ1) is 14.7. The number of benzene rings is 1. The lowest BCUT2D eigenvalue weighted by Gasteiger charge is -2.22. The van der Waals surface area contributed by atoms with Crippen molar-refractivity contribution in [3.05, 3.63) is 24.3 Å². The van der Waals surface area contributed by atoms with Crippen molar-refractivity contribution in [1.82, 2.24) is 5.32 Å². The highest BCUT2D eigenvalue weighted by Crippen LogP contribution is 2.23. The van der Waals surface area contributed by atoms with Crippen molar-refractivity contribution in [2.45, 2.75) is 19.8 Å². The van der Waals surface area contributed by atoms with Crippen LogP contribution in [0.5, 0.6) is 5.75 Å². The molecule has 0 aliphatic carbocycles. The lowest BCUT2D eigenvalue weighted by atomic mass is 10.0. The average Bonchev–Trinajstić information content (AvgIpc) is 2.49. The van der Waals surface area contributed by atoms with Crippen molar-refractivity contribution < 1.29 is 14.3 Å². The Kier molecular flexibility index (Phi) is 5.68. The fourth-order valence-electron chi connectivity index (χ4n) is 2.22. The Hall–Kier alpha value is -1.75. The molecule has 110 valence electrons. The number of carbonyl (C=O) groups excluding carboxylic acids is 1. The van der Waals surface area contributed by atoms with Crippen molar-refractivity contribution in [3.63, 3.8) is 0 Å². The van der Waals surface area contributed by atoms with E-state index in [1.54, 1.807) is 0 Å². The molecule has 0 radical (unpaired) electrons. The van der Waals surface area contributed by atoms with Crippen LogP contribution in [0.3, 0.4) is 0 Å². The summed E-state index contributed by atoms with van der Waals surface area (Å²) in [4.78, 5) is 11.9. The van der Waals surface area contributed by atoms with Gasteiger partial charge in [-0.2, -0.15) is 0 Å². The fourth-order valence-corrected chi connectivity index (χ4v) is 2.22. The molecule has 1 fully saturated rings.